The fourth-order valence-corrected chi connectivity index (χ4v) is 3.50. The van der Waals surface area contributed by atoms with E-state index in [0.29, 0.717) is 34.3 Å². The third-order valence-electron chi connectivity index (χ3n) is 3.71. The van der Waals surface area contributed by atoms with Crippen LogP contribution in [0, 0.1) is 0 Å². The van der Waals surface area contributed by atoms with Gasteiger partial charge in [0, 0.05) is 5.25 Å². The topological polar surface area (TPSA) is 57.4 Å². The highest BCUT2D eigenvalue weighted by atomic mass is 32.2. The Morgan fingerprint density at radius 1 is 1.22 bits per heavy atom. The Labute approximate surface area is 140 Å². The minimum Gasteiger partial charge on any atom is -0.493 e. The number of benzene rings is 1. The number of allylic oxidation sites excluding steroid dienone is 1. The molecule has 0 N–H and O–H groups in total. The third kappa shape index (κ3) is 4.07. The van der Waals surface area contributed by atoms with Gasteiger partial charge in [0.05, 0.1) is 20.6 Å². The maximum absolute atomic E-state index is 5.76. The van der Waals surface area contributed by atoms with Crippen molar-refractivity contribution in [2.75, 3.05) is 14.2 Å². The lowest BCUT2D eigenvalue weighted by molar-refractivity contribution is 0.354. The molecule has 1 heterocycles. The normalized spacial score (nSPS) is 17.2. The molecule has 1 aromatic heterocycles. The molecular weight excluding hydrogens is 312 g/mol. The van der Waals surface area contributed by atoms with E-state index in [1.807, 2.05) is 18.2 Å². The van der Waals surface area contributed by atoms with Crippen molar-refractivity contribution in [2.45, 2.75) is 36.2 Å². The highest BCUT2D eigenvalue weighted by Gasteiger charge is 2.15. The molecule has 5 nitrogen and oxygen atoms in total. The first kappa shape index (κ1) is 15.9. The first-order valence-electron chi connectivity index (χ1n) is 7.65. The fourth-order valence-electron chi connectivity index (χ4n) is 2.53. The van der Waals surface area contributed by atoms with Crippen molar-refractivity contribution < 1.29 is 13.9 Å². The lowest BCUT2D eigenvalue weighted by Gasteiger charge is -2.12. The first-order chi connectivity index (χ1) is 11.3. The summed E-state index contributed by atoms with van der Waals surface area (Å²) in [6, 6.07) is 5.79. The summed E-state index contributed by atoms with van der Waals surface area (Å²) in [5, 5.41) is 9.36. The zero-order chi connectivity index (χ0) is 16.1. The Balaban J connectivity index is 1.66. The molecule has 2 aromatic rings. The third-order valence-corrected chi connectivity index (χ3v) is 4.78. The van der Waals surface area contributed by atoms with Crippen LogP contribution in [0.3, 0.4) is 0 Å². The van der Waals surface area contributed by atoms with E-state index in [1.54, 1.807) is 26.0 Å². The van der Waals surface area contributed by atoms with Crippen molar-refractivity contribution in [2.24, 2.45) is 0 Å². The zero-order valence-corrected chi connectivity index (χ0v) is 14.1. The summed E-state index contributed by atoms with van der Waals surface area (Å²) < 4.78 is 16.3. The molecule has 1 aliphatic rings. The van der Waals surface area contributed by atoms with E-state index in [2.05, 4.69) is 22.3 Å². The van der Waals surface area contributed by atoms with E-state index >= 15 is 0 Å². The van der Waals surface area contributed by atoms with E-state index in [9.17, 15) is 0 Å². The summed E-state index contributed by atoms with van der Waals surface area (Å²) in [5.41, 5.74) is 1.04. The molecule has 0 aliphatic heterocycles. The highest BCUT2D eigenvalue weighted by molar-refractivity contribution is 7.99. The molecule has 0 fully saturated rings. The van der Waals surface area contributed by atoms with E-state index < -0.39 is 0 Å². The number of rotatable bonds is 6. The molecule has 6 heteroatoms. The van der Waals surface area contributed by atoms with Crippen LogP contribution in [0.4, 0.5) is 0 Å². The standard InChI is InChI=1S/C17H20N2O3S/c1-20-14-9-8-12(10-15(14)21-2)11-16-18-19-17(22-16)23-13-6-4-3-5-7-13/h4,6,8-10,13H,3,5,7,11H2,1-2H3/t13-/m0/s1. The summed E-state index contributed by atoms with van der Waals surface area (Å²) in [6.07, 6.45) is 8.59. The van der Waals surface area contributed by atoms with Crippen molar-refractivity contribution >= 4 is 11.8 Å². The van der Waals surface area contributed by atoms with Crippen molar-refractivity contribution in [3.05, 3.63) is 41.8 Å². The molecule has 0 unspecified atom stereocenters. The second-order valence-electron chi connectivity index (χ2n) is 5.34. The van der Waals surface area contributed by atoms with Gasteiger partial charge in [0.15, 0.2) is 11.5 Å². The monoisotopic (exact) mass is 332 g/mol. The Bertz CT molecular complexity index is 684. The van der Waals surface area contributed by atoms with Crippen LogP contribution in [0.25, 0.3) is 0 Å². The Morgan fingerprint density at radius 3 is 2.83 bits per heavy atom. The van der Waals surface area contributed by atoms with Crippen LogP contribution in [0.15, 0.2) is 40.0 Å². The molecular formula is C17H20N2O3S. The van der Waals surface area contributed by atoms with E-state index in [4.69, 9.17) is 13.9 Å². The summed E-state index contributed by atoms with van der Waals surface area (Å²) in [4.78, 5) is 0. The van der Waals surface area contributed by atoms with Crippen LogP contribution in [-0.4, -0.2) is 29.7 Å². The zero-order valence-electron chi connectivity index (χ0n) is 13.3. The summed E-state index contributed by atoms with van der Waals surface area (Å²) in [6.45, 7) is 0. The van der Waals surface area contributed by atoms with Crippen LogP contribution < -0.4 is 9.47 Å². The quantitative estimate of drug-likeness (QED) is 0.748. The van der Waals surface area contributed by atoms with E-state index in [1.165, 1.54) is 12.8 Å². The molecule has 1 aliphatic carbocycles. The van der Waals surface area contributed by atoms with Gasteiger partial charge in [-0.15, -0.1) is 10.2 Å². The molecule has 3 rings (SSSR count). The predicted octanol–water partition coefficient (Wildman–Crippen LogP) is 3.88. The molecule has 0 amide bonds. The van der Waals surface area contributed by atoms with Gasteiger partial charge in [-0.2, -0.15) is 0 Å². The number of hydrogen-bond acceptors (Lipinski definition) is 6. The lowest BCUT2D eigenvalue weighted by atomic mass is 10.1. The van der Waals surface area contributed by atoms with Crippen molar-refractivity contribution in [1.82, 2.24) is 10.2 Å². The van der Waals surface area contributed by atoms with Gasteiger partial charge in [-0.3, -0.25) is 0 Å². The number of aromatic nitrogens is 2. The average Bonchev–Trinajstić information content (AvgIpc) is 3.02. The maximum Gasteiger partial charge on any atom is 0.277 e. The number of ether oxygens (including phenoxy) is 2. The second kappa shape index (κ2) is 7.55. The SMILES string of the molecule is COc1ccc(Cc2nnc(S[C@H]3C=CCCC3)o2)cc1OC. The molecule has 1 aromatic carbocycles. The Morgan fingerprint density at radius 2 is 2.09 bits per heavy atom. The van der Waals surface area contributed by atoms with Crippen LogP contribution in [0.2, 0.25) is 0 Å². The van der Waals surface area contributed by atoms with Gasteiger partial charge in [0.1, 0.15) is 0 Å². The minimum absolute atomic E-state index is 0.443. The molecule has 0 saturated carbocycles. The maximum atomic E-state index is 5.76. The Hall–Kier alpha value is -1.95. The fraction of sp³-hybridized carbons (Fsp3) is 0.412. The van der Waals surface area contributed by atoms with Crippen LogP contribution in [0.5, 0.6) is 11.5 Å². The number of hydrogen-bond donors (Lipinski definition) is 0. The summed E-state index contributed by atoms with van der Waals surface area (Å²) in [7, 11) is 3.25. The Kier molecular flexibility index (Phi) is 5.23. The van der Waals surface area contributed by atoms with Gasteiger partial charge in [0.2, 0.25) is 5.89 Å². The van der Waals surface area contributed by atoms with Crippen LogP contribution >= 0.6 is 11.8 Å². The van der Waals surface area contributed by atoms with Gasteiger partial charge in [-0.25, -0.2) is 0 Å². The molecule has 0 radical (unpaired) electrons. The summed E-state index contributed by atoms with van der Waals surface area (Å²) >= 11 is 1.64. The van der Waals surface area contributed by atoms with Crippen molar-refractivity contribution in [1.29, 1.82) is 0 Å². The molecule has 0 bridgehead atoms. The summed E-state index contributed by atoms with van der Waals surface area (Å²) in [5.74, 6) is 2.02. The van der Waals surface area contributed by atoms with Gasteiger partial charge in [-0.1, -0.05) is 30.0 Å². The minimum atomic E-state index is 0.443. The first-order valence-corrected chi connectivity index (χ1v) is 8.53. The molecule has 122 valence electrons. The van der Waals surface area contributed by atoms with Gasteiger partial charge < -0.3 is 13.9 Å². The highest BCUT2D eigenvalue weighted by Crippen LogP contribution is 2.31. The number of methoxy groups -OCH3 is 2. The van der Waals surface area contributed by atoms with Crippen LogP contribution in [-0.2, 0) is 6.42 Å². The van der Waals surface area contributed by atoms with Gasteiger partial charge >= 0.3 is 0 Å². The number of thioether (sulfide) groups is 1. The van der Waals surface area contributed by atoms with Crippen LogP contribution in [0.1, 0.15) is 30.7 Å². The van der Waals surface area contributed by atoms with E-state index in [-0.39, 0.29) is 0 Å². The largest absolute Gasteiger partial charge is 0.493 e. The lowest BCUT2D eigenvalue weighted by Crippen LogP contribution is -2.01. The smallest absolute Gasteiger partial charge is 0.277 e. The molecule has 23 heavy (non-hydrogen) atoms. The van der Waals surface area contributed by atoms with Gasteiger partial charge in [-0.05, 0) is 37.0 Å². The molecule has 1 atom stereocenters. The van der Waals surface area contributed by atoms with Crippen molar-refractivity contribution in [3.63, 3.8) is 0 Å². The van der Waals surface area contributed by atoms with Gasteiger partial charge in [0.25, 0.3) is 5.22 Å². The molecule has 0 spiro atoms. The van der Waals surface area contributed by atoms with E-state index in [0.717, 1.165) is 12.0 Å². The second-order valence-corrected chi connectivity index (χ2v) is 6.53. The average molecular weight is 332 g/mol. The predicted molar refractivity (Wildman–Crippen MR) is 89.3 cm³/mol. The number of nitrogens with zero attached hydrogens (tertiary/aromatic N) is 2. The van der Waals surface area contributed by atoms with Crippen molar-refractivity contribution in [3.8, 4) is 11.5 Å². The molecule has 0 saturated heterocycles.